The van der Waals surface area contributed by atoms with Crippen LogP contribution in [0.2, 0.25) is 0 Å². The van der Waals surface area contributed by atoms with Crippen LogP contribution in [0.25, 0.3) is 0 Å². The summed E-state index contributed by atoms with van der Waals surface area (Å²) >= 11 is 0. The van der Waals surface area contributed by atoms with Gasteiger partial charge in [-0.25, -0.2) is 4.79 Å². The fourth-order valence-corrected chi connectivity index (χ4v) is 3.42. The molecule has 0 aromatic heterocycles. The minimum Gasteiger partial charge on any atom is -0.491 e. The molecule has 2 aliphatic rings. The Kier molecular flexibility index (Phi) is 5.49. The molecule has 1 spiro atoms. The zero-order valence-electron chi connectivity index (χ0n) is 15.3. The van der Waals surface area contributed by atoms with E-state index in [2.05, 4.69) is 5.32 Å². The Balaban J connectivity index is 1.45. The number of piperidine rings is 1. The Morgan fingerprint density at radius 3 is 2.44 bits per heavy atom. The molecule has 2 saturated heterocycles. The molecule has 1 aromatic rings. The van der Waals surface area contributed by atoms with Crippen molar-refractivity contribution in [2.45, 2.75) is 45.4 Å². The Morgan fingerprint density at radius 1 is 1.24 bits per heavy atom. The number of carbonyl (C=O) groups is 1. The van der Waals surface area contributed by atoms with E-state index in [-0.39, 0.29) is 12.1 Å². The number of carbonyl (C=O) groups excluding carboxylic acids is 1. The second kappa shape index (κ2) is 7.62. The topological polar surface area (TPSA) is 60.0 Å². The zero-order valence-corrected chi connectivity index (χ0v) is 15.3. The molecule has 2 heterocycles. The van der Waals surface area contributed by atoms with E-state index in [4.69, 9.17) is 14.2 Å². The van der Waals surface area contributed by atoms with E-state index >= 15 is 0 Å². The van der Waals surface area contributed by atoms with Gasteiger partial charge in [0.05, 0.1) is 19.3 Å². The number of urea groups is 1. The van der Waals surface area contributed by atoms with E-state index in [1.807, 2.05) is 43.9 Å². The fraction of sp³-hybridized carbons (Fsp3) is 0.632. The number of rotatable bonds is 4. The van der Waals surface area contributed by atoms with Gasteiger partial charge in [-0.1, -0.05) is 18.2 Å². The van der Waals surface area contributed by atoms with E-state index in [0.29, 0.717) is 32.9 Å². The quantitative estimate of drug-likeness (QED) is 0.909. The standard InChI is InChI=1S/C19H28N2O4/c1-14-5-4-6-15(2)17(14)23-13-16(3)20-18(22)21-9-7-19(8-10-21)24-11-12-25-19/h4-6,16H,7-13H2,1-3H3,(H,20,22). The van der Waals surface area contributed by atoms with Crippen molar-refractivity contribution in [3.8, 4) is 5.75 Å². The number of hydrogen-bond acceptors (Lipinski definition) is 4. The molecule has 138 valence electrons. The third-order valence-corrected chi connectivity index (χ3v) is 4.88. The lowest BCUT2D eigenvalue weighted by molar-refractivity contribution is -0.181. The van der Waals surface area contributed by atoms with Crippen LogP contribution in [0.4, 0.5) is 4.79 Å². The molecule has 0 radical (unpaired) electrons. The zero-order chi connectivity index (χ0) is 17.9. The van der Waals surface area contributed by atoms with Crippen LogP contribution >= 0.6 is 0 Å². The third kappa shape index (κ3) is 4.25. The van der Waals surface area contributed by atoms with E-state index in [1.165, 1.54) is 0 Å². The number of likely N-dealkylation sites (tertiary alicyclic amines) is 1. The molecule has 2 fully saturated rings. The molecule has 6 heteroatoms. The number of benzene rings is 1. The lowest BCUT2D eigenvalue weighted by atomic mass is 10.0. The highest BCUT2D eigenvalue weighted by molar-refractivity contribution is 5.74. The number of nitrogens with zero attached hydrogens (tertiary/aromatic N) is 1. The first kappa shape index (κ1) is 18.0. The molecule has 1 N–H and O–H groups in total. The van der Waals surface area contributed by atoms with E-state index in [1.54, 1.807) is 0 Å². The molecular formula is C19H28N2O4. The second-order valence-corrected chi connectivity index (χ2v) is 6.98. The van der Waals surface area contributed by atoms with Gasteiger partial charge in [-0.15, -0.1) is 0 Å². The maximum absolute atomic E-state index is 12.4. The van der Waals surface area contributed by atoms with Crippen molar-refractivity contribution in [3.05, 3.63) is 29.3 Å². The monoisotopic (exact) mass is 348 g/mol. The molecule has 1 unspecified atom stereocenters. The van der Waals surface area contributed by atoms with Crippen molar-refractivity contribution in [2.75, 3.05) is 32.9 Å². The predicted molar refractivity (Wildman–Crippen MR) is 94.8 cm³/mol. The summed E-state index contributed by atoms with van der Waals surface area (Å²) in [5, 5.41) is 3.02. The van der Waals surface area contributed by atoms with Crippen LogP contribution in [-0.2, 0) is 9.47 Å². The number of para-hydroxylation sites is 1. The molecule has 1 aromatic carbocycles. The lowest BCUT2D eigenvalue weighted by Gasteiger charge is -2.37. The van der Waals surface area contributed by atoms with Gasteiger partial charge in [0, 0.05) is 25.9 Å². The van der Waals surface area contributed by atoms with E-state index in [9.17, 15) is 4.79 Å². The summed E-state index contributed by atoms with van der Waals surface area (Å²) in [4.78, 5) is 14.3. The van der Waals surface area contributed by atoms with Crippen molar-refractivity contribution < 1.29 is 19.0 Å². The van der Waals surface area contributed by atoms with Gasteiger partial charge in [0.25, 0.3) is 0 Å². The van der Waals surface area contributed by atoms with Crippen LogP contribution in [0.15, 0.2) is 18.2 Å². The maximum atomic E-state index is 12.4. The average Bonchev–Trinajstić information content (AvgIpc) is 3.03. The first-order chi connectivity index (χ1) is 12.0. The van der Waals surface area contributed by atoms with Crippen LogP contribution in [0.3, 0.4) is 0 Å². The number of nitrogens with one attached hydrogen (secondary N) is 1. The van der Waals surface area contributed by atoms with Gasteiger partial charge in [-0.05, 0) is 31.9 Å². The first-order valence-corrected chi connectivity index (χ1v) is 9.01. The molecule has 2 amide bonds. The molecule has 0 bridgehead atoms. The number of amides is 2. The Morgan fingerprint density at radius 2 is 1.84 bits per heavy atom. The summed E-state index contributed by atoms with van der Waals surface area (Å²) < 4.78 is 17.3. The summed E-state index contributed by atoms with van der Waals surface area (Å²) in [5.41, 5.74) is 2.22. The molecule has 2 aliphatic heterocycles. The van der Waals surface area contributed by atoms with E-state index in [0.717, 1.165) is 29.7 Å². The van der Waals surface area contributed by atoms with Gasteiger partial charge in [-0.3, -0.25) is 0 Å². The van der Waals surface area contributed by atoms with Crippen LogP contribution in [0.1, 0.15) is 30.9 Å². The molecule has 0 aliphatic carbocycles. The number of ether oxygens (including phenoxy) is 3. The second-order valence-electron chi connectivity index (χ2n) is 6.98. The van der Waals surface area contributed by atoms with Gasteiger partial charge in [0.2, 0.25) is 0 Å². The number of hydrogen-bond donors (Lipinski definition) is 1. The van der Waals surface area contributed by atoms with Crippen molar-refractivity contribution in [1.29, 1.82) is 0 Å². The SMILES string of the molecule is Cc1cccc(C)c1OCC(C)NC(=O)N1CCC2(CC1)OCCO2. The summed E-state index contributed by atoms with van der Waals surface area (Å²) in [6.45, 7) is 9.07. The van der Waals surface area contributed by atoms with Gasteiger partial charge in [0.1, 0.15) is 12.4 Å². The highest BCUT2D eigenvalue weighted by Gasteiger charge is 2.40. The normalized spacial score (nSPS) is 20.5. The van der Waals surface area contributed by atoms with Crippen LogP contribution in [0.5, 0.6) is 5.75 Å². The minimum atomic E-state index is -0.451. The molecule has 25 heavy (non-hydrogen) atoms. The summed E-state index contributed by atoms with van der Waals surface area (Å²) in [7, 11) is 0. The highest BCUT2D eigenvalue weighted by atomic mass is 16.7. The first-order valence-electron chi connectivity index (χ1n) is 9.01. The van der Waals surface area contributed by atoms with Gasteiger partial charge < -0.3 is 24.4 Å². The van der Waals surface area contributed by atoms with Crippen molar-refractivity contribution in [1.82, 2.24) is 10.2 Å². The van der Waals surface area contributed by atoms with Crippen molar-refractivity contribution >= 4 is 6.03 Å². The summed E-state index contributed by atoms with van der Waals surface area (Å²) in [6.07, 6.45) is 1.46. The highest BCUT2D eigenvalue weighted by Crippen LogP contribution is 2.31. The molecule has 6 nitrogen and oxygen atoms in total. The van der Waals surface area contributed by atoms with Crippen LogP contribution in [-0.4, -0.2) is 55.7 Å². The number of aryl methyl sites for hydroxylation is 2. The smallest absolute Gasteiger partial charge is 0.317 e. The molecular weight excluding hydrogens is 320 g/mol. The van der Waals surface area contributed by atoms with Gasteiger partial charge in [0.15, 0.2) is 5.79 Å². The van der Waals surface area contributed by atoms with E-state index < -0.39 is 5.79 Å². The Hall–Kier alpha value is -1.79. The Labute approximate surface area is 149 Å². The summed E-state index contributed by atoms with van der Waals surface area (Å²) in [5.74, 6) is 0.451. The molecule has 1 atom stereocenters. The largest absolute Gasteiger partial charge is 0.491 e. The minimum absolute atomic E-state index is 0.0505. The van der Waals surface area contributed by atoms with Crippen LogP contribution in [0, 0.1) is 13.8 Å². The van der Waals surface area contributed by atoms with Crippen molar-refractivity contribution in [3.63, 3.8) is 0 Å². The van der Waals surface area contributed by atoms with Gasteiger partial charge in [-0.2, -0.15) is 0 Å². The fourth-order valence-electron chi connectivity index (χ4n) is 3.42. The molecule has 3 rings (SSSR count). The lowest BCUT2D eigenvalue weighted by Crippen LogP contribution is -2.52. The molecule has 0 saturated carbocycles. The van der Waals surface area contributed by atoms with Gasteiger partial charge >= 0.3 is 6.03 Å². The van der Waals surface area contributed by atoms with Crippen LogP contribution < -0.4 is 10.1 Å². The van der Waals surface area contributed by atoms with Crippen molar-refractivity contribution in [2.24, 2.45) is 0 Å². The maximum Gasteiger partial charge on any atom is 0.317 e. The summed E-state index contributed by atoms with van der Waals surface area (Å²) in [6, 6.07) is 5.96. The Bertz CT molecular complexity index is 583. The average molecular weight is 348 g/mol. The predicted octanol–water partition coefficient (Wildman–Crippen LogP) is 2.62. The third-order valence-electron chi connectivity index (χ3n) is 4.88.